The fourth-order valence-corrected chi connectivity index (χ4v) is 2.55. The molecule has 0 spiro atoms. The van der Waals surface area contributed by atoms with Crippen molar-refractivity contribution in [3.63, 3.8) is 0 Å². The van der Waals surface area contributed by atoms with Crippen LogP contribution >= 0.6 is 0 Å². The van der Waals surface area contributed by atoms with Crippen molar-refractivity contribution >= 4 is 22.8 Å². The summed E-state index contributed by atoms with van der Waals surface area (Å²) in [7, 11) is 3.12. The van der Waals surface area contributed by atoms with Gasteiger partial charge in [-0.25, -0.2) is 0 Å². The number of rotatable bonds is 7. The van der Waals surface area contributed by atoms with Crippen LogP contribution in [0.5, 0.6) is 0 Å². The third kappa shape index (κ3) is 4.75. The number of nitrogens with zero attached hydrogens (tertiary/aromatic N) is 2. The molecule has 0 saturated carbocycles. The van der Waals surface area contributed by atoms with Crippen molar-refractivity contribution in [2.45, 2.75) is 19.9 Å². The number of benzene rings is 1. The average molecular weight is 330 g/mol. The van der Waals surface area contributed by atoms with Crippen molar-refractivity contribution in [3.05, 3.63) is 36.5 Å². The Kier molecular flexibility index (Phi) is 6.66. The van der Waals surface area contributed by atoms with Gasteiger partial charge in [-0.1, -0.05) is 25.1 Å². The maximum absolute atomic E-state index is 11.4. The number of aliphatic imine (C=N–C) groups is 1. The quantitative estimate of drug-likeness (QED) is 0.353. The number of hydrogen-bond acceptors (Lipinski definition) is 3. The monoisotopic (exact) mass is 330 g/mol. The first-order chi connectivity index (χ1) is 11.7. The molecule has 6 heteroatoms. The number of carbonyl (C=O) groups is 1. The zero-order valence-electron chi connectivity index (χ0n) is 14.6. The van der Waals surface area contributed by atoms with E-state index in [2.05, 4.69) is 56.7 Å². The van der Waals surface area contributed by atoms with Crippen molar-refractivity contribution in [2.75, 3.05) is 27.2 Å². The predicted octanol–water partition coefficient (Wildman–Crippen LogP) is 2.01. The summed E-state index contributed by atoms with van der Waals surface area (Å²) in [6.07, 6.45) is 3.10. The van der Waals surface area contributed by atoms with E-state index in [-0.39, 0.29) is 11.9 Å². The van der Waals surface area contributed by atoms with Gasteiger partial charge in [-0.2, -0.15) is 0 Å². The lowest BCUT2D eigenvalue weighted by atomic mass is 10.2. The third-order valence-electron chi connectivity index (χ3n) is 3.95. The molecule has 1 aromatic heterocycles. The molecule has 1 aromatic carbocycles. The van der Waals surface area contributed by atoms with Crippen molar-refractivity contribution < 1.29 is 9.53 Å². The van der Waals surface area contributed by atoms with E-state index in [1.54, 1.807) is 7.05 Å². The molecule has 0 aliphatic heterocycles. The number of esters is 1. The van der Waals surface area contributed by atoms with Crippen LogP contribution in [0.4, 0.5) is 0 Å². The van der Waals surface area contributed by atoms with E-state index in [0.717, 1.165) is 19.5 Å². The molecule has 1 heterocycles. The number of guanidine groups is 1. The molecule has 0 bridgehead atoms. The Hall–Kier alpha value is -2.50. The highest BCUT2D eigenvalue weighted by Crippen LogP contribution is 2.15. The van der Waals surface area contributed by atoms with E-state index in [1.807, 2.05) is 6.92 Å². The van der Waals surface area contributed by atoms with Crippen molar-refractivity contribution in [2.24, 2.45) is 10.9 Å². The highest BCUT2D eigenvalue weighted by atomic mass is 16.5. The van der Waals surface area contributed by atoms with Gasteiger partial charge in [0.2, 0.25) is 0 Å². The average Bonchev–Trinajstić information content (AvgIpc) is 3.03. The summed E-state index contributed by atoms with van der Waals surface area (Å²) in [6.45, 7) is 4.06. The summed E-state index contributed by atoms with van der Waals surface area (Å²) in [5.41, 5.74) is 1.26. The zero-order valence-corrected chi connectivity index (χ0v) is 14.6. The predicted molar refractivity (Wildman–Crippen MR) is 97.1 cm³/mol. The first-order valence-corrected chi connectivity index (χ1v) is 8.22. The number of methoxy groups -OCH3 is 1. The number of para-hydroxylation sites is 1. The Bertz CT molecular complexity index is 693. The molecule has 2 N–H and O–H groups in total. The molecule has 0 aliphatic rings. The molecule has 1 atom stereocenters. The molecule has 2 rings (SSSR count). The van der Waals surface area contributed by atoms with Crippen molar-refractivity contribution in [1.82, 2.24) is 15.2 Å². The van der Waals surface area contributed by atoms with E-state index in [4.69, 9.17) is 4.74 Å². The molecule has 6 nitrogen and oxygen atoms in total. The first-order valence-electron chi connectivity index (χ1n) is 8.22. The minimum Gasteiger partial charge on any atom is -0.469 e. The second kappa shape index (κ2) is 8.96. The van der Waals surface area contributed by atoms with Crippen LogP contribution in [-0.2, 0) is 16.1 Å². The number of nitrogens with one attached hydrogen (secondary N) is 2. The van der Waals surface area contributed by atoms with E-state index >= 15 is 0 Å². The maximum Gasteiger partial charge on any atom is 0.310 e. The van der Waals surface area contributed by atoms with Gasteiger partial charge in [0.15, 0.2) is 5.96 Å². The second-order valence-corrected chi connectivity index (χ2v) is 5.73. The van der Waals surface area contributed by atoms with Gasteiger partial charge in [-0.05, 0) is 23.9 Å². The Balaban J connectivity index is 1.73. The van der Waals surface area contributed by atoms with Gasteiger partial charge in [0.1, 0.15) is 0 Å². The highest BCUT2D eigenvalue weighted by molar-refractivity contribution is 5.81. The lowest BCUT2D eigenvalue weighted by Gasteiger charge is -2.15. The van der Waals surface area contributed by atoms with Gasteiger partial charge in [-0.3, -0.25) is 9.79 Å². The number of ether oxygens (including phenoxy) is 1. The first kappa shape index (κ1) is 17.8. The van der Waals surface area contributed by atoms with E-state index in [1.165, 1.54) is 18.0 Å². The van der Waals surface area contributed by atoms with Crippen LogP contribution in [0.3, 0.4) is 0 Å². The van der Waals surface area contributed by atoms with Crippen LogP contribution in [0.1, 0.15) is 13.3 Å². The lowest BCUT2D eigenvalue weighted by molar-refractivity contribution is -0.144. The van der Waals surface area contributed by atoms with Crippen molar-refractivity contribution in [3.8, 4) is 0 Å². The second-order valence-electron chi connectivity index (χ2n) is 5.73. The number of aryl methyl sites for hydroxylation is 1. The van der Waals surface area contributed by atoms with Gasteiger partial charge in [-0.15, -0.1) is 0 Å². The summed E-state index contributed by atoms with van der Waals surface area (Å²) in [5.74, 6) is 0.264. The Morgan fingerprint density at radius 1 is 1.29 bits per heavy atom. The van der Waals surface area contributed by atoms with Gasteiger partial charge in [0.05, 0.1) is 13.0 Å². The standard InChI is InChI=1S/C18H26N4O2/c1-14(17(23)24-3)13-21-18(19-2)20-10-6-11-22-12-9-15-7-4-5-8-16(15)22/h4-5,7-9,12,14H,6,10-11,13H2,1-3H3,(H2,19,20,21). The Labute approximate surface area is 142 Å². The van der Waals surface area contributed by atoms with Crippen LogP contribution in [0.25, 0.3) is 10.9 Å². The topological polar surface area (TPSA) is 67.7 Å². The van der Waals surface area contributed by atoms with E-state index < -0.39 is 0 Å². The maximum atomic E-state index is 11.4. The molecule has 0 saturated heterocycles. The summed E-state index contributed by atoms with van der Waals surface area (Å²) in [5, 5.41) is 7.67. The Morgan fingerprint density at radius 3 is 2.83 bits per heavy atom. The van der Waals surface area contributed by atoms with Crippen LogP contribution < -0.4 is 10.6 Å². The number of carbonyl (C=O) groups excluding carboxylic acids is 1. The normalized spacial score (nSPS) is 12.9. The van der Waals surface area contributed by atoms with Crippen LogP contribution in [0, 0.1) is 5.92 Å². The van der Waals surface area contributed by atoms with Gasteiger partial charge < -0.3 is 19.9 Å². The molecule has 0 radical (unpaired) electrons. The zero-order chi connectivity index (χ0) is 17.4. The molecule has 24 heavy (non-hydrogen) atoms. The Morgan fingerprint density at radius 2 is 2.08 bits per heavy atom. The molecule has 0 amide bonds. The molecular formula is C18H26N4O2. The van der Waals surface area contributed by atoms with Gasteiger partial charge >= 0.3 is 5.97 Å². The summed E-state index contributed by atoms with van der Waals surface area (Å²) in [6, 6.07) is 10.5. The third-order valence-corrected chi connectivity index (χ3v) is 3.95. The molecule has 1 unspecified atom stereocenters. The fourth-order valence-electron chi connectivity index (χ4n) is 2.55. The number of hydrogen-bond donors (Lipinski definition) is 2. The largest absolute Gasteiger partial charge is 0.469 e. The number of fused-ring (bicyclic) bond motifs is 1. The SMILES string of the molecule is CN=C(NCCCn1ccc2ccccc21)NCC(C)C(=O)OC. The molecular weight excluding hydrogens is 304 g/mol. The molecule has 0 aliphatic carbocycles. The van der Waals surface area contributed by atoms with Crippen molar-refractivity contribution in [1.29, 1.82) is 0 Å². The summed E-state index contributed by atoms with van der Waals surface area (Å²) >= 11 is 0. The summed E-state index contributed by atoms with van der Waals surface area (Å²) < 4.78 is 6.97. The molecule has 130 valence electrons. The van der Waals surface area contributed by atoms with E-state index in [0.29, 0.717) is 12.5 Å². The van der Waals surface area contributed by atoms with Crippen LogP contribution in [-0.4, -0.2) is 43.7 Å². The number of aromatic nitrogens is 1. The highest BCUT2D eigenvalue weighted by Gasteiger charge is 2.13. The lowest BCUT2D eigenvalue weighted by Crippen LogP contribution is -2.41. The fraction of sp³-hybridized carbons (Fsp3) is 0.444. The molecule has 0 fully saturated rings. The smallest absolute Gasteiger partial charge is 0.310 e. The van der Waals surface area contributed by atoms with Gasteiger partial charge in [0.25, 0.3) is 0 Å². The minimum atomic E-state index is -0.225. The van der Waals surface area contributed by atoms with Crippen LogP contribution in [0.15, 0.2) is 41.5 Å². The summed E-state index contributed by atoms with van der Waals surface area (Å²) in [4.78, 5) is 15.6. The van der Waals surface area contributed by atoms with Crippen LogP contribution in [0.2, 0.25) is 0 Å². The molecule has 2 aromatic rings. The minimum absolute atomic E-state index is 0.209. The van der Waals surface area contributed by atoms with Gasteiger partial charge in [0, 0.05) is 38.4 Å². The van der Waals surface area contributed by atoms with E-state index in [9.17, 15) is 4.79 Å².